The van der Waals surface area contributed by atoms with Crippen LogP contribution in [0.25, 0.3) is 0 Å². The molecule has 1 saturated heterocycles. The number of hydrogen-bond acceptors (Lipinski definition) is 5. The zero-order chi connectivity index (χ0) is 18.7. The summed E-state index contributed by atoms with van der Waals surface area (Å²) in [5.41, 5.74) is 0.302. The molecule has 1 fully saturated rings. The van der Waals surface area contributed by atoms with Crippen LogP contribution in [0.15, 0.2) is 52.0 Å². The van der Waals surface area contributed by atoms with E-state index in [1.807, 2.05) is 0 Å². The summed E-state index contributed by atoms with van der Waals surface area (Å²) in [5.74, 6) is 0.699. The second-order valence-corrected chi connectivity index (χ2v) is 8.89. The van der Waals surface area contributed by atoms with E-state index in [0.717, 1.165) is 6.42 Å². The maximum absolute atomic E-state index is 12.8. The lowest BCUT2D eigenvalue weighted by Crippen LogP contribution is -2.42. The number of hydrogen-bond donors (Lipinski definition) is 0. The van der Waals surface area contributed by atoms with E-state index >= 15 is 0 Å². The van der Waals surface area contributed by atoms with E-state index in [1.165, 1.54) is 34.8 Å². The molecule has 0 spiro atoms. The van der Waals surface area contributed by atoms with Crippen molar-refractivity contribution in [1.29, 1.82) is 0 Å². The molecule has 3 rings (SSSR count). The number of sulfonamides is 1. The molecule has 0 bridgehead atoms. The maximum atomic E-state index is 12.8. The smallest absolute Gasteiger partial charge is 0.338 e. The first kappa shape index (κ1) is 18.7. The average Bonchev–Trinajstić information content (AvgIpc) is 3.12. The maximum Gasteiger partial charge on any atom is 0.338 e. The fourth-order valence-electron chi connectivity index (χ4n) is 3.33. The Bertz CT molecular complexity index is 833. The molecule has 2 atom stereocenters. The van der Waals surface area contributed by atoms with Gasteiger partial charge >= 0.3 is 5.97 Å². The molecule has 1 aromatic heterocycles. The lowest BCUT2D eigenvalue weighted by molar-refractivity contribution is 0.0445. The first-order valence-electron chi connectivity index (χ1n) is 8.66. The third-order valence-corrected chi connectivity index (χ3v) is 6.33. The van der Waals surface area contributed by atoms with Gasteiger partial charge in [-0.15, -0.1) is 0 Å². The van der Waals surface area contributed by atoms with Crippen molar-refractivity contribution in [3.8, 4) is 0 Å². The van der Waals surface area contributed by atoms with Crippen LogP contribution in [0.5, 0.6) is 0 Å². The normalized spacial score (nSPS) is 21.5. The molecule has 1 aliphatic rings. The highest BCUT2D eigenvalue weighted by atomic mass is 32.2. The molecule has 0 N–H and O–H groups in total. The molecular weight excluding hydrogens is 354 g/mol. The zero-order valence-corrected chi connectivity index (χ0v) is 15.7. The molecule has 0 aliphatic carbocycles. The predicted molar refractivity (Wildman–Crippen MR) is 96.0 cm³/mol. The molecule has 26 heavy (non-hydrogen) atoms. The van der Waals surface area contributed by atoms with Gasteiger partial charge in [-0.2, -0.15) is 4.31 Å². The molecule has 2 aromatic rings. The van der Waals surface area contributed by atoms with Crippen LogP contribution in [0, 0.1) is 11.8 Å². The van der Waals surface area contributed by atoms with Gasteiger partial charge in [-0.25, -0.2) is 13.2 Å². The Labute approximate surface area is 153 Å². The Morgan fingerprint density at radius 2 is 1.81 bits per heavy atom. The van der Waals surface area contributed by atoms with Gasteiger partial charge in [-0.1, -0.05) is 13.8 Å². The van der Waals surface area contributed by atoms with Gasteiger partial charge in [0, 0.05) is 13.1 Å². The van der Waals surface area contributed by atoms with Crippen LogP contribution in [-0.4, -0.2) is 31.8 Å². The minimum atomic E-state index is -3.55. The van der Waals surface area contributed by atoms with Gasteiger partial charge in [0.15, 0.2) is 0 Å². The molecule has 1 aliphatic heterocycles. The standard InChI is InChI=1S/C19H23NO5S/c1-14-10-15(2)12-20(11-14)26(22,23)18-7-5-16(6-8-18)19(21)25-13-17-4-3-9-24-17/h3-9,14-15H,10-13H2,1-2H3/t14-,15-/m1/s1. The molecule has 0 radical (unpaired) electrons. The van der Waals surface area contributed by atoms with E-state index in [-0.39, 0.29) is 11.5 Å². The molecule has 0 amide bonds. The molecular formula is C19H23NO5S. The van der Waals surface area contributed by atoms with Crippen LogP contribution in [0.1, 0.15) is 36.4 Å². The quantitative estimate of drug-likeness (QED) is 0.747. The summed E-state index contributed by atoms with van der Waals surface area (Å²) >= 11 is 0. The van der Waals surface area contributed by atoms with Crippen molar-refractivity contribution in [3.05, 3.63) is 54.0 Å². The van der Waals surface area contributed by atoms with Gasteiger partial charge < -0.3 is 9.15 Å². The Kier molecular flexibility index (Phi) is 5.48. The van der Waals surface area contributed by atoms with Crippen LogP contribution >= 0.6 is 0 Å². The summed E-state index contributed by atoms with van der Waals surface area (Å²) < 4.78 is 37.5. The van der Waals surface area contributed by atoms with Gasteiger partial charge in [0.1, 0.15) is 12.4 Å². The van der Waals surface area contributed by atoms with Crippen molar-refractivity contribution in [2.75, 3.05) is 13.1 Å². The largest absolute Gasteiger partial charge is 0.466 e. The molecule has 0 unspecified atom stereocenters. The van der Waals surface area contributed by atoms with E-state index in [4.69, 9.17) is 9.15 Å². The monoisotopic (exact) mass is 377 g/mol. The van der Waals surface area contributed by atoms with E-state index in [9.17, 15) is 13.2 Å². The second kappa shape index (κ2) is 7.63. The van der Waals surface area contributed by atoms with Crippen molar-refractivity contribution in [2.45, 2.75) is 31.8 Å². The third kappa shape index (κ3) is 4.16. The van der Waals surface area contributed by atoms with Gasteiger partial charge in [-0.05, 0) is 54.7 Å². The Balaban J connectivity index is 1.69. The summed E-state index contributed by atoms with van der Waals surface area (Å²) in [6.45, 7) is 5.22. The van der Waals surface area contributed by atoms with Gasteiger partial charge in [0.05, 0.1) is 16.7 Å². The lowest BCUT2D eigenvalue weighted by atomic mass is 9.94. The number of piperidine rings is 1. The third-order valence-electron chi connectivity index (χ3n) is 4.49. The molecule has 6 nitrogen and oxygen atoms in total. The van der Waals surface area contributed by atoms with Crippen LogP contribution in [0.3, 0.4) is 0 Å². The van der Waals surface area contributed by atoms with Crippen molar-refractivity contribution < 1.29 is 22.4 Å². The van der Waals surface area contributed by atoms with E-state index in [1.54, 1.807) is 12.1 Å². The first-order chi connectivity index (χ1) is 12.4. The number of benzene rings is 1. The molecule has 7 heteroatoms. The van der Waals surface area contributed by atoms with Crippen molar-refractivity contribution >= 4 is 16.0 Å². The van der Waals surface area contributed by atoms with Crippen molar-refractivity contribution in [1.82, 2.24) is 4.31 Å². The van der Waals surface area contributed by atoms with Gasteiger partial charge in [0.2, 0.25) is 10.0 Å². The highest BCUT2D eigenvalue weighted by molar-refractivity contribution is 7.89. The average molecular weight is 377 g/mol. The van der Waals surface area contributed by atoms with Crippen LogP contribution in [0.2, 0.25) is 0 Å². The number of esters is 1. The fourth-order valence-corrected chi connectivity index (χ4v) is 5.01. The molecule has 2 heterocycles. The zero-order valence-electron chi connectivity index (χ0n) is 14.9. The Morgan fingerprint density at radius 3 is 2.38 bits per heavy atom. The minimum absolute atomic E-state index is 0.0371. The van der Waals surface area contributed by atoms with E-state index in [0.29, 0.717) is 36.2 Å². The van der Waals surface area contributed by atoms with Crippen LogP contribution < -0.4 is 0 Å². The highest BCUT2D eigenvalue weighted by Gasteiger charge is 2.31. The van der Waals surface area contributed by atoms with Gasteiger partial charge in [0.25, 0.3) is 0 Å². The summed E-state index contributed by atoms with van der Waals surface area (Å²) in [7, 11) is -3.55. The Morgan fingerprint density at radius 1 is 1.15 bits per heavy atom. The number of furan rings is 1. The highest BCUT2D eigenvalue weighted by Crippen LogP contribution is 2.26. The fraction of sp³-hybridized carbons (Fsp3) is 0.421. The predicted octanol–water partition coefficient (Wildman–Crippen LogP) is 3.30. The first-order valence-corrected chi connectivity index (χ1v) is 10.1. The number of carbonyl (C=O) groups is 1. The number of ether oxygens (including phenoxy) is 1. The second-order valence-electron chi connectivity index (χ2n) is 6.95. The number of carbonyl (C=O) groups excluding carboxylic acids is 1. The van der Waals surface area contributed by atoms with Gasteiger partial charge in [-0.3, -0.25) is 0 Å². The molecule has 1 aromatic carbocycles. The molecule has 140 valence electrons. The molecule has 0 saturated carbocycles. The summed E-state index contributed by atoms with van der Waals surface area (Å²) in [6, 6.07) is 9.31. The van der Waals surface area contributed by atoms with E-state index in [2.05, 4.69) is 13.8 Å². The van der Waals surface area contributed by atoms with E-state index < -0.39 is 16.0 Å². The van der Waals surface area contributed by atoms with Crippen LogP contribution in [-0.2, 0) is 21.4 Å². The summed E-state index contributed by atoms with van der Waals surface area (Å²) in [4.78, 5) is 12.3. The SMILES string of the molecule is C[C@@H]1C[C@@H](C)CN(S(=O)(=O)c2ccc(C(=O)OCc3ccco3)cc2)C1. The number of nitrogens with zero attached hydrogens (tertiary/aromatic N) is 1. The lowest BCUT2D eigenvalue weighted by Gasteiger charge is -2.34. The van der Waals surface area contributed by atoms with Crippen LogP contribution in [0.4, 0.5) is 0 Å². The van der Waals surface area contributed by atoms with Crippen molar-refractivity contribution in [2.24, 2.45) is 11.8 Å². The summed E-state index contributed by atoms with van der Waals surface area (Å²) in [5, 5.41) is 0. The topological polar surface area (TPSA) is 76.8 Å². The minimum Gasteiger partial charge on any atom is -0.466 e. The van der Waals surface area contributed by atoms with Crippen molar-refractivity contribution in [3.63, 3.8) is 0 Å². The summed E-state index contributed by atoms with van der Waals surface area (Å²) in [6.07, 6.45) is 2.54. The number of rotatable bonds is 5. The Hall–Kier alpha value is -2.12.